The van der Waals surface area contributed by atoms with Crippen LogP contribution in [0.3, 0.4) is 0 Å². The van der Waals surface area contributed by atoms with Gasteiger partial charge in [0.15, 0.2) is 5.69 Å². The van der Waals surface area contributed by atoms with Crippen molar-refractivity contribution in [3.63, 3.8) is 0 Å². The zero-order valence-electron chi connectivity index (χ0n) is 22.5. The largest absolute Gasteiger partial charge is 0.741 e. The van der Waals surface area contributed by atoms with Crippen LogP contribution in [0.1, 0.15) is 43.0 Å². The van der Waals surface area contributed by atoms with Crippen molar-refractivity contribution in [2.45, 2.75) is 44.3 Å². The van der Waals surface area contributed by atoms with Crippen LogP contribution in [0.2, 0.25) is 0 Å². The van der Waals surface area contributed by atoms with Crippen LogP contribution in [0, 0.1) is 5.21 Å². The number of hydrogen-bond acceptors (Lipinski definition) is 10. The lowest BCUT2D eigenvalue weighted by molar-refractivity contribution is -0.362. The summed E-state index contributed by atoms with van der Waals surface area (Å²) >= 11 is 0. The first-order chi connectivity index (χ1) is 19.5. The number of aromatic nitrogens is 6. The van der Waals surface area contributed by atoms with Crippen molar-refractivity contribution >= 4 is 29.4 Å². The van der Waals surface area contributed by atoms with E-state index in [0.29, 0.717) is 35.5 Å². The van der Waals surface area contributed by atoms with E-state index in [1.165, 1.54) is 0 Å². The summed E-state index contributed by atoms with van der Waals surface area (Å²) in [6, 6.07) is 3.91. The van der Waals surface area contributed by atoms with Crippen LogP contribution in [0.4, 0.5) is 11.8 Å². The molecule has 0 radical (unpaired) electrons. The van der Waals surface area contributed by atoms with Gasteiger partial charge in [0.25, 0.3) is 0 Å². The molecule has 2 fully saturated rings. The summed E-state index contributed by atoms with van der Waals surface area (Å²) in [5.41, 5.74) is 2.56. The molecule has 0 bridgehead atoms. The van der Waals surface area contributed by atoms with Gasteiger partial charge < -0.3 is 24.3 Å². The van der Waals surface area contributed by atoms with E-state index in [2.05, 4.69) is 26.6 Å². The maximum absolute atomic E-state index is 11.6. The van der Waals surface area contributed by atoms with Crippen LogP contribution >= 0.6 is 0 Å². The molecule has 1 aliphatic heterocycles. The zero-order chi connectivity index (χ0) is 27.5. The van der Waals surface area contributed by atoms with E-state index < -0.39 is 0 Å². The average molecular weight is 545 g/mol. The molecule has 0 aromatic carbocycles. The summed E-state index contributed by atoms with van der Waals surface area (Å²) in [6.07, 6.45) is 12.4. The number of ether oxygens (including phenoxy) is 3. The number of rotatable bonds is 8. The summed E-state index contributed by atoms with van der Waals surface area (Å²) in [6.45, 7) is 6.43. The molecule has 0 unspecified atom stereocenters. The second-order valence-corrected chi connectivity index (χ2v) is 10.1. The fourth-order valence-corrected chi connectivity index (χ4v) is 5.30. The SMILES string of the molecule is C=[N+]([O-])c1ncc(COc2cnc3cc(N4CCOCC4)nc(OC4CCC(c5cnccn5)CC4)c3c2)n1C. The highest BCUT2D eigenvalue weighted by molar-refractivity contribution is 5.87. The summed E-state index contributed by atoms with van der Waals surface area (Å²) in [5.74, 6) is 2.56. The molecular weight excluding hydrogens is 512 g/mol. The smallest absolute Gasteiger partial charge is 0.398 e. The molecule has 12 heteroatoms. The highest BCUT2D eigenvalue weighted by atomic mass is 16.5. The van der Waals surface area contributed by atoms with Crippen LogP contribution in [0.15, 0.2) is 43.1 Å². The average Bonchev–Trinajstić information content (AvgIpc) is 3.37. The van der Waals surface area contributed by atoms with Crippen molar-refractivity contribution < 1.29 is 18.9 Å². The number of morpholine rings is 1. The molecule has 0 N–H and O–H groups in total. The molecule has 0 spiro atoms. The van der Waals surface area contributed by atoms with Crippen molar-refractivity contribution in [3.05, 3.63) is 59.7 Å². The van der Waals surface area contributed by atoms with E-state index >= 15 is 0 Å². The number of imidazole rings is 1. The van der Waals surface area contributed by atoms with Crippen LogP contribution < -0.4 is 14.4 Å². The lowest BCUT2D eigenvalue weighted by atomic mass is 9.85. The van der Waals surface area contributed by atoms with E-state index in [1.807, 2.05) is 18.3 Å². The third kappa shape index (κ3) is 5.53. The van der Waals surface area contributed by atoms with Crippen molar-refractivity contribution in [1.29, 1.82) is 0 Å². The number of pyridine rings is 2. The van der Waals surface area contributed by atoms with Crippen LogP contribution in [-0.2, 0) is 18.4 Å². The van der Waals surface area contributed by atoms with Gasteiger partial charge in [-0.25, -0.2) is 4.57 Å². The third-order valence-corrected chi connectivity index (χ3v) is 7.56. The first kappa shape index (κ1) is 25.9. The Balaban J connectivity index is 1.24. The predicted octanol–water partition coefficient (Wildman–Crippen LogP) is 3.52. The fourth-order valence-electron chi connectivity index (χ4n) is 5.30. The first-order valence-electron chi connectivity index (χ1n) is 13.5. The van der Waals surface area contributed by atoms with E-state index in [-0.39, 0.29) is 18.7 Å². The summed E-state index contributed by atoms with van der Waals surface area (Å²) in [5, 5.41) is 12.4. The fraction of sp³-hybridized carbons (Fsp3) is 0.429. The van der Waals surface area contributed by atoms with Crippen molar-refractivity contribution in [1.82, 2.24) is 29.5 Å². The van der Waals surface area contributed by atoms with Gasteiger partial charge in [0.05, 0.1) is 43.1 Å². The van der Waals surface area contributed by atoms with E-state index in [4.69, 9.17) is 24.2 Å². The monoisotopic (exact) mass is 544 g/mol. The van der Waals surface area contributed by atoms with Crippen LogP contribution in [-0.4, -0.2) is 73.4 Å². The molecule has 0 atom stereocenters. The molecule has 2 aliphatic rings. The topological polar surface area (TPSA) is 126 Å². The van der Waals surface area contributed by atoms with Gasteiger partial charge in [-0.05, 0) is 31.7 Å². The Morgan fingerprint density at radius 3 is 2.60 bits per heavy atom. The highest BCUT2D eigenvalue weighted by Gasteiger charge is 2.26. The number of anilines is 1. The third-order valence-electron chi connectivity index (χ3n) is 7.56. The van der Waals surface area contributed by atoms with Crippen molar-refractivity contribution in [2.24, 2.45) is 7.05 Å². The van der Waals surface area contributed by atoms with Crippen LogP contribution in [0.25, 0.3) is 10.9 Å². The second-order valence-electron chi connectivity index (χ2n) is 10.1. The van der Waals surface area contributed by atoms with Crippen LogP contribution in [0.5, 0.6) is 11.6 Å². The molecule has 1 aliphatic carbocycles. The molecule has 4 aromatic heterocycles. The van der Waals surface area contributed by atoms with E-state index in [0.717, 1.165) is 66.9 Å². The van der Waals surface area contributed by atoms with Gasteiger partial charge in [-0.3, -0.25) is 19.7 Å². The summed E-state index contributed by atoms with van der Waals surface area (Å²) in [4.78, 5) is 24.7. The van der Waals surface area contributed by atoms with E-state index in [9.17, 15) is 5.21 Å². The highest BCUT2D eigenvalue weighted by Crippen LogP contribution is 2.36. The Labute approximate surface area is 231 Å². The predicted molar refractivity (Wildman–Crippen MR) is 148 cm³/mol. The molecule has 1 saturated carbocycles. The molecule has 0 amide bonds. The minimum absolute atomic E-state index is 0.0405. The summed E-state index contributed by atoms with van der Waals surface area (Å²) in [7, 11) is 1.75. The molecular formula is C28H32N8O4. The minimum Gasteiger partial charge on any atom is -0.741 e. The maximum Gasteiger partial charge on any atom is 0.398 e. The van der Waals surface area contributed by atoms with Crippen molar-refractivity contribution in [2.75, 3.05) is 31.2 Å². The Morgan fingerprint density at radius 2 is 1.88 bits per heavy atom. The molecule has 208 valence electrons. The standard InChI is InChI=1S/C28H32N8O4/c1-34-20(15-32-28(34)35(2)37)18-39-22-13-23-24(31-16-22)14-26(36-9-11-38-12-10-36)33-27(23)40-21-5-3-19(4-6-21)25-17-29-7-8-30-25/h7-8,13-17,19,21H,2-6,9-12,18H2,1H3. The Hall–Kier alpha value is -4.32. The minimum atomic E-state index is 0.0405. The number of hydrogen-bond donors (Lipinski definition) is 0. The van der Waals surface area contributed by atoms with E-state index in [1.54, 1.807) is 36.4 Å². The van der Waals surface area contributed by atoms with Crippen molar-refractivity contribution in [3.8, 4) is 11.6 Å². The van der Waals surface area contributed by atoms with Gasteiger partial charge >= 0.3 is 5.95 Å². The molecule has 12 nitrogen and oxygen atoms in total. The van der Waals surface area contributed by atoms with Gasteiger partial charge in [-0.1, -0.05) is 4.98 Å². The Bertz CT molecular complexity index is 1480. The molecule has 1 saturated heterocycles. The second kappa shape index (κ2) is 11.4. The first-order valence-corrected chi connectivity index (χ1v) is 13.5. The van der Waals surface area contributed by atoms with Gasteiger partial charge in [0, 0.05) is 50.4 Å². The van der Waals surface area contributed by atoms with Gasteiger partial charge in [0.2, 0.25) is 5.88 Å². The summed E-state index contributed by atoms with van der Waals surface area (Å²) < 4.78 is 20.3. The van der Waals surface area contributed by atoms with Gasteiger partial charge in [-0.15, -0.1) is 0 Å². The normalized spacial score (nSPS) is 19.5. The molecule has 5 heterocycles. The number of fused-ring (bicyclic) bond motifs is 1. The zero-order valence-corrected chi connectivity index (χ0v) is 22.5. The van der Waals surface area contributed by atoms with Gasteiger partial charge in [-0.2, -0.15) is 4.98 Å². The lowest BCUT2D eigenvalue weighted by Gasteiger charge is -2.30. The molecule has 6 rings (SSSR count). The van der Waals surface area contributed by atoms with Gasteiger partial charge in [0.1, 0.15) is 30.5 Å². The Kier molecular flexibility index (Phi) is 7.41. The lowest BCUT2D eigenvalue weighted by Crippen LogP contribution is -2.36. The molecule has 40 heavy (non-hydrogen) atoms. The molecule has 4 aromatic rings. The number of nitrogens with zero attached hydrogens (tertiary/aromatic N) is 8. The maximum atomic E-state index is 11.6. The quantitative estimate of drug-likeness (QED) is 0.141. The Morgan fingerprint density at radius 1 is 1.05 bits per heavy atom.